The molecule has 1 N–H and O–H groups in total. The van der Waals surface area contributed by atoms with Crippen molar-refractivity contribution >= 4 is 17.7 Å². The van der Waals surface area contributed by atoms with Gasteiger partial charge in [0, 0.05) is 7.05 Å². The number of amides is 1. The van der Waals surface area contributed by atoms with Gasteiger partial charge in [-0.2, -0.15) is 4.99 Å². The van der Waals surface area contributed by atoms with Gasteiger partial charge in [0.15, 0.2) is 5.75 Å². The van der Waals surface area contributed by atoms with Gasteiger partial charge < -0.3 is 10.1 Å². The predicted molar refractivity (Wildman–Crippen MR) is 72.9 cm³/mol. The average Bonchev–Trinajstić information content (AvgIpc) is 2.36. The zero-order valence-electron chi connectivity index (χ0n) is 11.8. The van der Waals surface area contributed by atoms with E-state index in [2.05, 4.69) is 10.3 Å². The Morgan fingerprint density at radius 3 is 2.42 bits per heavy atom. The first-order valence-electron chi connectivity index (χ1n) is 5.87. The number of carbonyl (C=O) groups excluding carboxylic acids is 2. The molecular weight excluding hydrogens is 244 g/mol. The van der Waals surface area contributed by atoms with Gasteiger partial charge in [-0.1, -0.05) is 20.8 Å². The molecule has 0 aliphatic rings. The summed E-state index contributed by atoms with van der Waals surface area (Å²) in [5.74, 6) is -0.0130. The van der Waals surface area contributed by atoms with Crippen molar-refractivity contribution < 1.29 is 14.3 Å². The molecule has 5 heteroatoms. The third-order valence-electron chi connectivity index (χ3n) is 2.78. The second kappa shape index (κ2) is 5.67. The van der Waals surface area contributed by atoms with Crippen LogP contribution in [0.25, 0.3) is 0 Å². The van der Waals surface area contributed by atoms with E-state index in [0.717, 1.165) is 5.56 Å². The summed E-state index contributed by atoms with van der Waals surface area (Å²) in [6.45, 7) is 6.03. The molecule has 0 saturated carbocycles. The molecule has 0 bridgehead atoms. The highest BCUT2D eigenvalue weighted by molar-refractivity contribution is 5.99. The molecule has 0 fully saturated rings. The smallest absolute Gasteiger partial charge is 0.254 e. The van der Waals surface area contributed by atoms with Crippen LogP contribution in [0.2, 0.25) is 0 Å². The molecule has 102 valence electrons. The molecule has 5 nitrogen and oxygen atoms in total. The van der Waals surface area contributed by atoms with Crippen LogP contribution in [0.1, 0.15) is 36.7 Å². The number of nitrogens with zero attached hydrogens (tertiary/aromatic N) is 1. The highest BCUT2D eigenvalue weighted by Crippen LogP contribution is 2.36. The quantitative estimate of drug-likeness (QED) is 0.671. The molecule has 0 spiro atoms. The van der Waals surface area contributed by atoms with Gasteiger partial charge in [-0.3, -0.25) is 4.79 Å². The summed E-state index contributed by atoms with van der Waals surface area (Å²) < 4.78 is 5.19. The maximum Gasteiger partial charge on any atom is 0.254 e. The standard InChI is InChI=1S/C14H18N2O3/c1-14(2,3)9-6-10(13(18)15-4)12(19-5)11(7-9)16-8-17/h6-7H,1-5H3,(H,15,18). The number of benzene rings is 1. The Hall–Kier alpha value is -2.13. The van der Waals surface area contributed by atoms with Crippen LogP contribution in [-0.4, -0.2) is 26.1 Å². The summed E-state index contributed by atoms with van der Waals surface area (Å²) in [7, 11) is 2.97. The maximum atomic E-state index is 11.9. The van der Waals surface area contributed by atoms with Crippen molar-refractivity contribution in [1.29, 1.82) is 0 Å². The second-order valence-corrected chi connectivity index (χ2v) is 5.11. The van der Waals surface area contributed by atoms with E-state index in [1.54, 1.807) is 12.1 Å². The Kier molecular flexibility index (Phi) is 4.46. The Bertz CT molecular complexity index is 538. The topological polar surface area (TPSA) is 67.8 Å². The molecule has 1 amide bonds. The van der Waals surface area contributed by atoms with Crippen LogP contribution in [0.15, 0.2) is 17.1 Å². The number of isocyanates is 1. The molecule has 0 atom stereocenters. The van der Waals surface area contributed by atoms with Gasteiger partial charge in [-0.05, 0) is 23.1 Å². The van der Waals surface area contributed by atoms with Gasteiger partial charge in [0.2, 0.25) is 6.08 Å². The summed E-state index contributed by atoms with van der Waals surface area (Å²) in [6.07, 6.45) is 1.48. The Morgan fingerprint density at radius 2 is 2.00 bits per heavy atom. The lowest BCUT2D eigenvalue weighted by Gasteiger charge is -2.21. The van der Waals surface area contributed by atoms with E-state index in [4.69, 9.17) is 4.74 Å². The Balaban J connectivity index is 3.63. The fraction of sp³-hybridized carbons (Fsp3) is 0.429. The SMILES string of the molecule is CNC(=O)c1cc(C(C)(C)C)cc(N=C=O)c1OC. The van der Waals surface area contributed by atoms with Crippen molar-refractivity contribution in [3.8, 4) is 5.75 Å². The number of aliphatic imine (C=N–C) groups is 1. The first-order valence-corrected chi connectivity index (χ1v) is 5.87. The van der Waals surface area contributed by atoms with Crippen molar-refractivity contribution in [3.63, 3.8) is 0 Å². The van der Waals surface area contributed by atoms with E-state index in [1.807, 2.05) is 20.8 Å². The minimum atomic E-state index is -0.287. The normalized spacial score (nSPS) is 10.6. The maximum absolute atomic E-state index is 11.9. The molecule has 1 aromatic rings. The van der Waals surface area contributed by atoms with Crippen molar-refractivity contribution in [2.45, 2.75) is 26.2 Å². The number of carbonyl (C=O) groups is 1. The van der Waals surface area contributed by atoms with Crippen molar-refractivity contribution in [2.75, 3.05) is 14.2 Å². The van der Waals surface area contributed by atoms with E-state index in [0.29, 0.717) is 11.3 Å². The lowest BCUT2D eigenvalue weighted by Crippen LogP contribution is -2.20. The van der Waals surface area contributed by atoms with Gasteiger partial charge in [-0.25, -0.2) is 4.79 Å². The van der Waals surface area contributed by atoms with E-state index in [1.165, 1.54) is 20.2 Å². The van der Waals surface area contributed by atoms with Gasteiger partial charge in [-0.15, -0.1) is 0 Å². The minimum Gasteiger partial charge on any atom is -0.494 e. The van der Waals surface area contributed by atoms with Crippen LogP contribution < -0.4 is 10.1 Å². The second-order valence-electron chi connectivity index (χ2n) is 5.11. The molecule has 0 aromatic heterocycles. The first kappa shape index (κ1) is 14.9. The summed E-state index contributed by atoms with van der Waals surface area (Å²) >= 11 is 0. The van der Waals surface area contributed by atoms with Crippen LogP contribution in [0.3, 0.4) is 0 Å². The van der Waals surface area contributed by atoms with Crippen molar-refractivity contribution in [2.24, 2.45) is 4.99 Å². The fourth-order valence-electron chi connectivity index (χ4n) is 1.70. The molecule has 0 saturated heterocycles. The predicted octanol–water partition coefficient (Wildman–Crippen LogP) is 2.32. The molecule has 0 aliphatic heterocycles. The highest BCUT2D eigenvalue weighted by atomic mass is 16.5. The average molecular weight is 262 g/mol. The Labute approximate surface area is 112 Å². The lowest BCUT2D eigenvalue weighted by atomic mass is 9.85. The number of hydrogen-bond acceptors (Lipinski definition) is 4. The Morgan fingerprint density at radius 1 is 1.37 bits per heavy atom. The third kappa shape index (κ3) is 3.20. The van der Waals surface area contributed by atoms with Crippen LogP contribution in [0.4, 0.5) is 5.69 Å². The molecular formula is C14H18N2O3. The molecule has 19 heavy (non-hydrogen) atoms. The van der Waals surface area contributed by atoms with Gasteiger partial charge in [0.1, 0.15) is 5.69 Å². The van der Waals surface area contributed by atoms with Crippen LogP contribution in [-0.2, 0) is 10.2 Å². The van der Waals surface area contributed by atoms with Crippen LogP contribution in [0, 0.1) is 0 Å². The summed E-state index contributed by atoms with van der Waals surface area (Å²) in [6, 6.07) is 3.48. The van der Waals surface area contributed by atoms with Gasteiger partial charge in [0.05, 0.1) is 12.7 Å². The zero-order valence-corrected chi connectivity index (χ0v) is 11.8. The van der Waals surface area contributed by atoms with Gasteiger partial charge in [0.25, 0.3) is 5.91 Å². The van der Waals surface area contributed by atoms with Gasteiger partial charge >= 0.3 is 0 Å². The third-order valence-corrected chi connectivity index (χ3v) is 2.78. The highest BCUT2D eigenvalue weighted by Gasteiger charge is 2.22. The summed E-state index contributed by atoms with van der Waals surface area (Å²) in [5.41, 5.74) is 1.37. The monoisotopic (exact) mass is 262 g/mol. The molecule has 0 aliphatic carbocycles. The van der Waals surface area contributed by atoms with Crippen molar-refractivity contribution in [1.82, 2.24) is 5.32 Å². The van der Waals surface area contributed by atoms with Crippen LogP contribution >= 0.6 is 0 Å². The molecule has 0 unspecified atom stereocenters. The van der Waals surface area contributed by atoms with E-state index < -0.39 is 0 Å². The number of hydrogen-bond donors (Lipinski definition) is 1. The first-order chi connectivity index (χ1) is 8.85. The van der Waals surface area contributed by atoms with Crippen LogP contribution in [0.5, 0.6) is 5.75 Å². The number of methoxy groups -OCH3 is 1. The number of nitrogens with one attached hydrogen (secondary N) is 1. The fourth-order valence-corrected chi connectivity index (χ4v) is 1.70. The van der Waals surface area contributed by atoms with E-state index in [9.17, 15) is 9.59 Å². The largest absolute Gasteiger partial charge is 0.494 e. The number of rotatable bonds is 3. The lowest BCUT2D eigenvalue weighted by molar-refractivity contribution is 0.0960. The summed E-state index contributed by atoms with van der Waals surface area (Å²) in [5, 5.41) is 2.54. The molecule has 1 aromatic carbocycles. The van der Waals surface area contributed by atoms with E-state index in [-0.39, 0.29) is 17.1 Å². The van der Waals surface area contributed by atoms with E-state index >= 15 is 0 Å². The minimum absolute atomic E-state index is 0.178. The molecule has 0 heterocycles. The van der Waals surface area contributed by atoms with Crippen molar-refractivity contribution in [3.05, 3.63) is 23.3 Å². The zero-order chi connectivity index (χ0) is 14.6. The molecule has 0 radical (unpaired) electrons. The summed E-state index contributed by atoms with van der Waals surface area (Å²) in [4.78, 5) is 26.0. The molecule has 1 rings (SSSR count). The number of ether oxygens (including phenoxy) is 1.